The minimum atomic E-state index is -1.11. The van der Waals surface area contributed by atoms with Crippen LogP contribution in [-0.2, 0) is 25.6 Å². The zero-order valence-electron chi connectivity index (χ0n) is 20.0. The van der Waals surface area contributed by atoms with Crippen LogP contribution in [0.5, 0.6) is 11.5 Å². The van der Waals surface area contributed by atoms with E-state index >= 15 is 0 Å². The molecule has 1 rings (SSSR count). The molecule has 0 fully saturated rings. The van der Waals surface area contributed by atoms with Crippen LogP contribution in [0, 0.1) is 10.8 Å². The first-order chi connectivity index (χ1) is 14.5. The van der Waals surface area contributed by atoms with E-state index in [1.165, 1.54) is 25.1 Å². The fraction of sp³-hybridized carbons (Fsp3) is 0.500. The summed E-state index contributed by atoms with van der Waals surface area (Å²) >= 11 is 0. The van der Waals surface area contributed by atoms with Crippen LogP contribution in [0.25, 0.3) is 0 Å². The predicted molar refractivity (Wildman–Crippen MR) is 126 cm³/mol. The van der Waals surface area contributed by atoms with Gasteiger partial charge in [0.05, 0.1) is 10.8 Å². The van der Waals surface area contributed by atoms with Crippen molar-refractivity contribution in [3.8, 4) is 11.5 Å². The van der Waals surface area contributed by atoms with E-state index < -0.39 is 34.8 Å². The Morgan fingerprint density at radius 3 is 1.85 bits per heavy atom. The summed E-state index contributed by atoms with van der Waals surface area (Å²) in [7, 11) is 0. The Hall–Kier alpha value is -1.52. The normalized spacial score (nSPS) is 12.8. The number of rotatable bonds is 8. The van der Waals surface area contributed by atoms with Gasteiger partial charge in [-0.05, 0) is 79.2 Å². The molecule has 1 aromatic carbocycles. The zero-order chi connectivity index (χ0) is 24.9. The molecule has 2 N–H and O–H groups in total. The van der Waals surface area contributed by atoms with Crippen LogP contribution < -0.4 is 14.8 Å². The summed E-state index contributed by atoms with van der Waals surface area (Å²) in [6, 6.07) is 3.53. The molecule has 0 aliphatic heterocycles. The predicted octanol–water partition coefficient (Wildman–Crippen LogP) is 3.02. The van der Waals surface area contributed by atoms with Gasteiger partial charge < -0.3 is 19.9 Å². The SMILES string of the molecule is CC(=O)C=C(C)N[C@@H](Cc1ccc(OC(=O)C(C)(C)C)c(OC(=O)C(C)(C)C)c1)C(=O)O.[KH]. The van der Waals surface area contributed by atoms with Crippen molar-refractivity contribution in [2.24, 2.45) is 10.8 Å². The third-order valence-corrected chi connectivity index (χ3v) is 4.20. The molecule has 0 amide bonds. The van der Waals surface area contributed by atoms with Crippen LogP contribution in [0.15, 0.2) is 30.0 Å². The van der Waals surface area contributed by atoms with Gasteiger partial charge in [0.15, 0.2) is 17.3 Å². The van der Waals surface area contributed by atoms with Gasteiger partial charge in [-0.2, -0.15) is 0 Å². The molecular weight excluding hydrogens is 453 g/mol. The first-order valence-electron chi connectivity index (χ1n) is 10.3. The Kier molecular flexibility index (Phi) is 12.2. The molecule has 0 heterocycles. The van der Waals surface area contributed by atoms with Gasteiger partial charge in [-0.1, -0.05) is 6.07 Å². The van der Waals surface area contributed by atoms with E-state index in [-0.39, 0.29) is 75.1 Å². The van der Waals surface area contributed by atoms with E-state index in [1.54, 1.807) is 54.5 Å². The van der Waals surface area contributed by atoms with Gasteiger partial charge >= 0.3 is 69.3 Å². The zero-order valence-corrected chi connectivity index (χ0v) is 20.0. The first kappa shape index (κ1) is 31.5. The topological polar surface area (TPSA) is 119 Å². The second kappa shape index (κ2) is 12.8. The minimum absolute atomic E-state index is 0. The van der Waals surface area contributed by atoms with Crippen molar-refractivity contribution in [3.05, 3.63) is 35.5 Å². The Morgan fingerprint density at radius 2 is 1.42 bits per heavy atom. The molecule has 0 saturated heterocycles. The third-order valence-electron chi connectivity index (χ3n) is 4.20. The molecule has 0 aliphatic carbocycles. The second-order valence-electron chi connectivity index (χ2n) is 9.74. The van der Waals surface area contributed by atoms with E-state index in [9.17, 15) is 24.3 Å². The molecule has 8 nitrogen and oxygen atoms in total. The Balaban J connectivity index is 0.0000102. The number of carboxylic acids is 1. The van der Waals surface area contributed by atoms with Crippen molar-refractivity contribution in [1.29, 1.82) is 0 Å². The van der Waals surface area contributed by atoms with E-state index in [1.807, 2.05) is 0 Å². The third kappa shape index (κ3) is 11.0. The average molecular weight is 488 g/mol. The van der Waals surface area contributed by atoms with E-state index in [4.69, 9.17) is 9.47 Å². The number of hydrogen-bond acceptors (Lipinski definition) is 7. The molecule has 178 valence electrons. The maximum absolute atomic E-state index is 12.5. The van der Waals surface area contributed by atoms with Crippen LogP contribution in [0.4, 0.5) is 0 Å². The number of carbonyl (C=O) groups is 4. The number of benzene rings is 1. The van der Waals surface area contributed by atoms with Crippen molar-refractivity contribution in [1.82, 2.24) is 5.32 Å². The fourth-order valence-electron chi connectivity index (χ4n) is 2.41. The maximum atomic E-state index is 12.5. The van der Waals surface area contributed by atoms with Gasteiger partial charge in [0.1, 0.15) is 6.04 Å². The summed E-state index contributed by atoms with van der Waals surface area (Å²) in [5, 5.41) is 12.4. The molecule has 9 heteroatoms. The van der Waals surface area contributed by atoms with Crippen LogP contribution >= 0.6 is 0 Å². The number of aliphatic carboxylic acids is 1. The summed E-state index contributed by atoms with van der Waals surface area (Å²) in [6.45, 7) is 13.1. The quantitative estimate of drug-likeness (QED) is 0.249. The molecule has 0 aromatic heterocycles. The number of ether oxygens (including phenoxy) is 2. The second-order valence-corrected chi connectivity index (χ2v) is 9.74. The number of carbonyl (C=O) groups excluding carboxylic acids is 3. The molecule has 1 aromatic rings. The average Bonchev–Trinajstić information content (AvgIpc) is 2.60. The summed E-state index contributed by atoms with van der Waals surface area (Å²) in [5.74, 6) is -2.26. The number of allylic oxidation sites excluding steroid dienone is 2. The molecule has 0 bridgehead atoms. The summed E-state index contributed by atoms with van der Waals surface area (Å²) < 4.78 is 10.9. The number of hydrogen-bond donors (Lipinski definition) is 2. The number of ketones is 1. The van der Waals surface area contributed by atoms with Gasteiger partial charge in [0, 0.05) is 12.1 Å². The van der Waals surface area contributed by atoms with E-state index in [0.717, 1.165) is 0 Å². The monoisotopic (exact) mass is 487 g/mol. The Morgan fingerprint density at radius 1 is 0.939 bits per heavy atom. The number of nitrogens with one attached hydrogen (secondary N) is 1. The van der Waals surface area contributed by atoms with Gasteiger partial charge in [-0.3, -0.25) is 14.4 Å². The summed E-state index contributed by atoms with van der Waals surface area (Å²) in [4.78, 5) is 47.7. The Labute approximate surface area is 237 Å². The molecule has 1 atom stereocenters. The van der Waals surface area contributed by atoms with Gasteiger partial charge in [0.25, 0.3) is 0 Å². The van der Waals surface area contributed by atoms with E-state index in [2.05, 4.69) is 5.32 Å². The number of esters is 2. The molecule has 0 aliphatic rings. The molecule has 0 saturated carbocycles. The van der Waals surface area contributed by atoms with Gasteiger partial charge in [-0.15, -0.1) is 0 Å². The van der Waals surface area contributed by atoms with Gasteiger partial charge in [0.2, 0.25) is 0 Å². The summed E-state index contributed by atoms with van der Waals surface area (Å²) in [6.07, 6.45) is 1.34. The molecule has 0 spiro atoms. The Bertz CT molecular complexity index is 924. The standard InChI is InChI=1S/C24H33NO7.K.H/c1-14(11-15(2)26)25-17(20(27)28)12-16-9-10-18(31-21(29)23(3,4)5)19(13-16)32-22(30)24(6,7)8;;/h9-11,13,17,25H,12H2,1-8H3,(H,27,28);;/t17-;;/m0../s1. The fourth-order valence-corrected chi connectivity index (χ4v) is 2.41. The molecule has 33 heavy (non-hydrogen) atoms. The van der Waals surface area contributed by atoms with Crippen LogP contribution in [-0.4, -0.2) is 86.2 Å². The van der Waals surface area contributed by atoms with Crippen molar-refractivity contribution >= 4 is 75.1 Å². The van der Waals surface area contributed by atoms with Crippen LogP contribution in [0.1, 0.15) is 61.0 Å². The molecule has 0 radical (unpaired) electrons. The van der Waals surface area contributed by atoms with Crippen LogP contribution in [0.2, 0.25) is 0 Å². The summed E-state index contributed by atoms with van der Waals surface area (Å²) in [5.41, 5.74) is -0.628. The van der Waals surface area contributed by atoms with Gasteiger partial charge in [-0.25, -0.2) is 4.79 Å². The number of carboxylic acid groups (broad SMARTS) is 1. The first-order valence-corrected chi connectivity index (χ1v) is 10.3. The molecular formula is C24H34KNO7. The van der Waals surface area contributed by atoms with Crippen molar-refractivity contribution < 1.29 is 33.8 Å². The van der Waals surface area contributed by atoms with Crippen molar-refractivity contribution in [2.75, 3.05) is 0 Å². The van der Waals surface area contributed by atoms with Crippen LogP contribution in [0.3, 0.4) is 0 Å². The van der Waals surface area contributed by atoms with E-state index in [0.29, 0.717) is 11.3 Å². The van der Waals surface area contributed by atoms with Crippen molar-refractivity contribution in [2.45, 2.75) is 67.9 Å². The van der Waals surface area contributed by atoms with Crippen molar-refractivity contribution in [3.63, 3.8) is 0 Å². The molecule has 0 unspecified atom stereocenters.